The monoisotopic (exact) mass is 447 g/mol. The summed E-state index contributed by atoms with van der Waals surface area (Å²) in [5.41, 5.74) is 2.84. The molecule has 1 saturated heterocycles. The molecule has 0 aliphatic carbocycles. The summed E-state index contributed by atoms with van der Waals surface area (Å²) in [6, 6.07) is 20.2. The summed E-state index contributed by atoms with van der Waals surface area (Å²) in [4.78, 5) is 15.7. The summed E-state index contributed by atoms with van der Waals surface area (Å²) < 4.78 is 4.51. The molecular weight excluding hydrogens is 418 g/mol. The number of nitrogens with one attached hydrogen (secondary N) is 1. The second-order valence-corrected chi connectivity index (χ2v) is 8.71. The first kappa shape index (κ1) is 23.6. The zero-order chi connectivity index (χ0) is 22.4. The lowest BCUT2D eigenvalue weighted by Gasteiger charge is -2.24. The lowest BCUT2D eigenvalue weighted by molar-refractivity contribution is -0.109. The van der Waals surface area contributed by atoms with Crippen LogP contribution >= 0.6 is 11.9 Å². The number of piperidine rings is 1. The molecule has 2 heterocycles. The number of carbonyl (C=O) groups excluding carboxylic acids is 1. The van der Waals surface area contributed by atoms with E-state index in [2.05, 4.69) is 51.0 Å². The SMILES string of the molecule is N#Cc1ccc(Cn2cncc2CCNC=O)cc1.c1ccc(SN2CCCCC2)cc1. The fourth-order valence-electron chi connectivity index (χ4n) is 3.43. The lowest BCUT2D eigenvalue weighted by Crippen LogP contribution is -2.22. The topological polar surface area (TPSA) is 74.0 Å². The van der Waals surface area contributed by atoms with E-state index in [1.54, 1.807) is 24.7 Å². The Kier molecular flexibility index (Phi) is 9.84. The van der Waals surface area contributed by atoms with Crippen molar-refractivity contribution in [1.82, 2.24) is 19.2 Å². The smallest absolute Gasteiger partial charge is 0.207 e. The second-order valence-electron chi connectivity index (χ2n) is 7.54. The molecule has 0 unspecified atom stereocenters. The summed E-state index contributed by atoms with van der Waals surface area (Å²) in [6.45, 7) is 3.81. The van der Waals surface area contributed by atoms with E-state index in [4.69, 9.17) is 5.26 Å². The predicted octanol–water partition coefficient (Wildman–Crippen LogP) is 4.27. The fourth-order valence-corrected chi connectivity index (χ4v) is 4.44. The Morgan fingerprint density at radius 3 is 2.50 bits per heavy atom. The van der Waals surface area contributed by atoms with E-state index in [0.717, 1.165) is 17.7 Å². The van der Waals surface area contributed by atoms with Crippen LogP contribution in [-0.2, 0) is 17.8 Å². The number of aromatic nitrogens is 2. The molecule has 0 spiro atoms. The van der Waals surface area contributed by atoms with Gasteiger partial charge in [0.25, 0.3) is 0 Å². The van der Waals surface area contributed by atoms with Crippen LogP contribution in [-0.4, -0.2) is 39.9 Å². The summed E-state index contributed by atoms with van der Waals surface area (Å²) in [5, 5.41) is 11.4. The molecule has 1 N–H and O–H groups in total. The van der Waals surface area contributed by atoms with Crippen molar-refractivity contribution in [2.24, 2.45) is 0 Å². The van der Waals surface area contributed by atoms with E-state index in [1.165, 1.54) is 37.2 Å². The van der Waals surface area contributed by atoms with Crippen LogP contribution in [0.25, 0.3) is 0 Å². The summed E-state index contributed by atoms with van der Waals surface area (Å²) in [5.74, 6) is 0. The number of nitriles is 1. The Hall–Kier alpha value is -3.08. The normalized spacial score (nSPS) is 13.5. The molecule has 4 rings (SSSR count). The molecule has 0 atom stereocenters. The molecule has 1 fully saturated rings. The zero-order valence-corrected chi connectivity index (χ0v) is 19.0. The van der Waals surface area contributed by atoms with Crippen LogP contribution < -0.4 is 5.32 Å². The largest absolute Gasteiger partial charge is 0.358 e. The molecule has 32 heavy (non-hydrogen) atoms. The van der Waals surface area contributed by atoms with E-state index in [9.17, 15) is 4.79 Å². The van der Waals surface area contributed by atoms with Gasteiger partial charge in [-0.1, -0.05) is 36.8 Å². The van der Waals surface area contributed by atoms with Crippen LogP contribution in [0.3, 0.4) is 0 Å². The number of carbonyl (C=O) groups is 1. The van der Waals surface area contributed by atoms with Crippen molar-refractivity contribution < 1.29 is 4.79 Å². The number of imidazole rings is 1. The van der Waals surface area contributed by atoms with Crippen LogP contribution in [0.5, 0.6) is 0 Å². The molecular formula is C25H29N5OS. The van der Waals surface area contributed by atoms with Crippen molar-refractivity contribution >= 4 is 18.4 Å². The number of amides is 1. The second kappa shape index (κ2) is 13.4. The maximum atomic E-state index is 10.2. The number of nitrogens with zero attached hydrogens (tertiary/aromatic N) is 4. The average molecular weight is 448 g/mol. The van der Waals surface area contributed by atoms with Gasteiger partial charge in [0.05, 0.1) is 18.0 Å². The minimum atomic E-state index is 0.600. The first-order valence-electron chi connectivity index (χ1n) is 10.9. The molecule has 166 valence electrons. The van der Waals surface area contributed by atoms with Gasteiger partial charge in [-0.2, -0.15) is 5.26 Å². The quantitative estimate of drug-likeness (QED) is 0.317. The molecule has 0 bridgehead atoms. The third-order valence-corrected chi connectivity index (χ3v) is 6.24. The highest BCUT2D eigenvalue weighted by Gasteiger charge is 2.10. The average Bonchev–Trinajstić information content (AvgIpc) is 3.28. The molecule has 6 nitrogen and oxygen atoms in total. The van der Waals surface area contributed by atoms with Gasteiger partial charge in [0.2, 0.25) is 6.41 Å². The predicted molar refractivity (Wildman–Crippen MR) is 128 cm³/mol. The van der Waals surface area contributed by atoms with Gasteiger partial charge in [-0.05, 0) is 54.6 Å². The molecule has 3 aromatic rings. The Bertz CT molecular complexity index is 976. The van der Waals surface area contributed by atoms with Gasteiger partial charge >= 0.3 is 0 Å². The van der Waals surface area contributed by atoms with Gasteiger partial charge in [0.15, 0.2) is 0 Å². The summed E-state index contributed by atoms with van der Waals surface area (Å²) >= 11 is 1.90. The Balaban J connectivity index is 0.000000193. The van der Waals surface area contributed by atoms with E-state index in [0.29, 0.717) is 25.1 Å². The first-order valence-corrected chi connectivity index (χ1v) is 11.7. The highest BCUT2D eigenvalue weighted by molar-refractivity contribution is 7.97. The number of rotatable bonds is 8. The van der Waals surface area contributed by atoms with Crippen LogP contribution in [0.15, 0.2) is 72.0 Å². The third-order valence-electron chi connectivity index (χ3n) is 5.14. The van der Waals surface area contributed by atoms with Crippen LogP contribution in [0, 0.1) is 11.3 Å². The first-order chi connectivity index (χ1) is 15.8. The van der Waals surface area contributed by atoms with Gasteiger partial charge in [-0.25, -0.2) is 9.29 Å². The molecule has 2 aromatic carbocycles. The third kappa shape index (κ3) is 7.88. The molecule has 7 heteroatoms. The summed E-state index contributed by atoms with van der Waals surface area (Å²) in [6.07, 6.45) is 9.15. The highest BCUT2D eigenvalue weighted by atomic mass is 32.2. The summed E-state index contributed by atoms with van der Waals surface area (Å²) in [7, 11) is 0. The number of hydrogen-bond acceptors (Lipinski definition) is 5. The van der Waals surface area contributed by atoms with Crippen molar-refractivity contribution in [3.05, 3.63) is 83.9 Å². The van der Waals surface area contributed by atoms with Crippen molar-refractivity contribution in [2.75, 3.05) is 19.6 Å². The van der Waals surface area contributed by atoms with E-state index in [-0.39, 0.29) is 0 Å². The van der Waals surface area contributed by atoms with Crippen LogP contribution in [0.4, 0.5) is 0 Å². The maximum absolute atomic E-state index is 10.2. The molecule has 1 aromatic heterocycles. The van der Waals surface area contributed by atoms with Gasteiger partial charge in [-0.15, -0.1) is 0 Å². The van der Waals surface area contributed by atoms with Crippen LogP contribution in [0.2, 0.25) is 0 Å². The van der Waals surface area contributed by atoms with E-state index >= 15 is 0 Å². The molecule has 0 saturated carbocycles. The Morgan fingerprint density at radius 2 is 1.81 bits per heavy atom. The van der Waals surface area contributed by atoms with Gasteiger partial charge in [0, 0.05) is 49.4 Å². The minimum Gasteiger partial charge on any atom is -0.358 e. The Labute approximate surface area is 194 Å². The van der Waals surface area contributed by atoms with Gasteiger partial charge in [-0.3, -0.25) is 4.79 Å². The standard InChI is InChI=1S/C14H14N4O.C11H15NS/c15-7-12-1-3-13(4-2-12)9-18-10-17-8-14(18)5-6-16-11-19;1-3-7-11(8-4-1)13-12-9-5-2-6-10-12/h1-4,8,10-11H,5-6,9H2,(H,16,19);1,3-4,7-8H,2,5-6,9-10H2. The molecule has 1 aliphatic heterocycles. The molecule has 0 radical (unpaired) electrons. The van der Waals surface area contributed by atoms with Gasteiger partial charge in [0.1, 0.15) is 0 Å². The van der Waals surface area contributed by atoms with E-state index in [1.807, 2.05) is 28.6 Å². The molecule has 1 aliphatic rings. The molecule has 1 amide bonds. The Morgan fingerprint density at radius 1 is 1.06 bits per heavy atom. The number of hydrogen-bond donors (Lipinski definition) is 1. The lowest BCUT2D eigenvalue weighted by atomic mass is 10.1. The maximum Gasteiger partial charge on any atom is 0.207 e. The zero-order valence-electron chi connectivity index (χ0n) is 18.2. The fraction of sp³-hybridized carbons (Fsp3) is 0.320. The highest BCUT2D eigenvalue weighted by Crippen LogP contribution is 2.25. The van der Waals surface area contributed by atoms with Crippen molar-refractivity contribution in [2.45, 2.75) is 37.1 Å². The van der Waals surface area contributed by atoms with Crippen molar-refractivity contribution in [3.63, 3.8) is 0 Å². The minimum absolute atomic E-state index is 0.600. The van der Waals surface area contributed by atoms with Crippen molar-refractivity contribution in [3.8, 4) is 6.07 Å². The van der Waals surface area contributed by atoms with E-state index < -0.39 is 0 Å². The van der Waals surface area contributed by atoms with Crippen molar-refractivity contribution in [1.29, 1.82) is 5.26 Å². The number of benzene rings is 2. The van der Waals surface area contributed by atoms with Crippen LogP contribution in [0.1, 0.15) is 36.1 Å². The van der Waals surface area contributed by atoms with Gasteiger partial charge < -0.3 is 9.88 Å².